The summed E-state index contributed by atoms with van der Waals surface area (Å²) in [6.45, 7) is 3.66. The molecule has 2 rings (SSSR count). The molecular formula is C14H20F3N3O. The number of alkyl halides is 3. The summed E-state index contributed by atoms with van der Waals surface area (Å²) in [4.78, 5) is 8.32. The molecule has 1 aromatic rings. The van der Waals surface area contributed by atoms with Crippen molar-refractivity contribution in [2.75, 3.05) is 11.9 Å². The molecule has 2 unspecified atom stereocenters. The highest BCUT2D eigenvalue weighted by Gasteiger charge is 2.46. The van der Waals surface area contributed by atoms with E-state index in [2.05, 4.69) is 15.3 Å². The fourth-order valence-corrected chi connectivity index (χ4v) is 2.83. The minimum atomic E-state index is -4.25. The third-order valence-corrected chi connectivity index (χ3v) is 3.84. The second-order valence-corrected chi connectivity index (χ2v) is 5.89. The van der Waals surface area contributed by atoms with Gasteiger partial charge in [0.15, 0.2) is 0 Å². The van der Waals surface area contributed by atoms with Crippen LogP contribution in [0.25, 0.3) is 0 Å². The molecule has 0 amide bonds. The summed E-state index contributed by atoms with van der Waals surface area (Å²) in [5, 5.41) is 13.3. The van der Waals surface area contributed by atoms with Crippen molar-refractivity contribution in [2.45, 2.75) is 51.3 Å². The lowest BCUT2D eigenvalue weighted by Gasteiger charge is -2.37. The molecule has 0 aromatic carbocycles. The van der Waals surface area contributed by atoms with Crippen molar-refractivity contribution in [3.05, 3.63) is 17.5 Å². The van der Waals surface area contributed by atoms with Gasteiger partial charge in [0, 0.05) is 17.9 Å². The van der Waals surface area contributed by atoms with Gasteiger partial charge in [-0.25, -0.2) is 9.97 Å². The molecule has 118 valence electrons. The number of anilines is 1. The van der Waals surface area contributed by atoms with Crippen LogP contribution in [0.3, 0.4) is 0 Å². The molecular weight excluding hydrogens is 283 g/mol. The van der Waals surface area contributed by atoms with Crippen molar-refractivity contribution >= 4 is 5.95 Å². The second-order valence-electron chi connectivity index (χ2n) is 5.89. The van der Waals surface area contributed by atoms with Crippen LogP contribution in [0.1, 0.15) is 37.1 Å². The van der Waals surface area contributed by atoms with Crippen molar-refractivity contribution in [2.24, 2.45) is 5.92 Å². The van der Waals surface area contributed by atoms with E-state index in [1.165, 1.54) is 0 Å². The number of hydrogen-bond donors (Lipinski definition) is 2. The van der Waals surface area contributed by atoms with Crippen LogP contribution in [0.4, 0.5) is 19.1 Å². The van der Waals surface area contributed by atoms with Crippen molar-refractivity contribution in [3.63, 3.8) is 0 Å². The van der Waals surface area contributed by atoms with Crippen molar-refractivity contribution < 1.29 is 18.3 Å². The van der Waals surface area contributed by atoms with Gasteiger partial charge < -0.3 is 10.4 Å². The molecule has 21 heavy (non-hydrogen) atoms. The van der Waals surface area contributed by atoms with Crippen LogP contribution in [0.2, 0.25) is 0 Å². The predicted octanol–water partition coefficient (Wildman–Crippen LogP) is 2.99. The van der Waals surface area contributed by atoms with Crippen molar-refractivity contribution in [1.82, 2.24) is 9.97 Å². The summed E-state index contributed by atoms with van der Waals surface area (Å²) >= 11 is 0. The maximum absolute atomic E-state index is 12.8. The quantitative estimate of drug-likeness (QED) is 0.901. The van der Waals surface area contributed by atoms with Crippen LogP contribution < -0.4 is 5.32 Å². The van der Waals surface area contributed by atoms with E-state index in [1.807, 2.05) is 13.8 Å². The van der Waals surface area contributed by atoms with E-state index < -0.39 is 17.7 Å². The van der Waals surface area contributed by atoms with Gasteiger partial charge in [-0.15, -0.1) is 0 Å². The minimum absolute atomic E-state index is 0.0302. The summed E-state index contributed by atoms with van der Waals surface area (Å²) in [5.74, 6) is -1.09. The zero-order valence-electron chi connectivity index (χ0n) is 12.2. The molecule has 0 radical (unpaired) electrons. The number of hydrogen-bond acceptors (Lipinski definition) is 4. The van der Waals surface area contributed by atoms with Crippen LogP contribution in [-0.2, 0) is 0 Å². The Hall–Kier alpha value is -1.37. The third kappa shape index (κ3) is 4.30. The molecule has 0 bridgehead atoms. The highest BCUT2D eigenvalue weighted by Crippen LogP contribution is 2.41. The van der Waals surface area contributed by atoms with E-state index in [4.69, 9.17) is 0 Å². The van der Waals surface area contributed by atoms with Crippen molar-refractivity contribution in [1.29, 1.82) is 0 Å². The Morgan fingerprint density at radius 1 is 1.33 bits per heavy atom. The Balaban J connectivity index is 2.01. The first-order valence-corrected chi connectivity index (χ1v) is 7.03. The summed E-state index contributed by atoms with van der Waals surface area (Å²) in [7, 11) is 0. The predicted molar refractivity (Wildman–Crippen MR) is 73.0 cm³/mol. The number of nitrogens with zero attached hydrogens (tertiary/aromatic N) is 2. The maximum atomic E-state index is 12.8. The first kappa shape index (κ1) is 16.0. The van der Waals surface area contributed by atoms with E-state index in [9.17, 15) is 18.3 Å². The zero-order valence-corrected chi connectivity index (χ0v) is 12.2. The Bertz CT molecular complexity index is 486. The van der Waals surface area contributed by atoms with Gasteiger partial charge in [0.1, 0.15) is 0 Å². The number of halogens is 3. The van der Waals surface area contributed by atoms with Gasteiger partial charge in [0.05, 0.1) is 11.5 Å². The standard InChI is InChI=1S/C14H20F3N3O/c1-9-6-10(2)20-12(19-9)18-8-13(21)5-3-4-11(7-13)14(15,16)17/h6,11,21H,3-5,7-8H2,1-2H3,(H,18,19,20). The highest BCUT2D eigenvalue weighted by atomic mass is 19.4. The lowest BCUT2D eigenvalue weighted by Crippen LogP contribution is -2.45. The van der Waals surface area contributed by atoms with E-state index >= 15 is 0 Å². The summed E-state index contributed by atoms with van der Waals surface area (Å²) in [6.07, 6.45) is -3.70. The lowest BCUT2D eigenvalue weighted by atomic mass is 9.77. The van der Waals surface area contributed by atoms with Gasteiger partial charge >= 0.3 is 6.18 Å². The maximum Gasteiger partial charge on any atom is 0.391 e. The van der Waals surface area contributed by atoms with E-state index in [1.54, 1.807) is 6.07 Å². The molecule has 1 saturated carbocycles. The van der Waals surface area contributed by atoms with E-state index in [0.717, 1.165) is 11.4 Å². The number of rotatable bonds is 3. The Labute approximate surface area is 121 Å². The average Bonchev–Trinajstić information content (AvgIpc) is 2.34. The second kappa shape index (κ2) is 5.79. The highest BCUT2D eigenvalue weighted by molar-refractivity contribution is 5.28. The number of nitrogens with one attached hydrogen (secondary N) is 1. The largest absolute Gasteiger partial charge is 0.391 e. The fourth-order valence-electron chi connectivity index (χ4n) is 2.83. The number of aromatic nitrogens is 2. The Morgan fingerprint density at radius 2 is 1.95 bits per heavy atom. The molecule has 1 heterocycles. The molecule has 1 aliphatic rings. The lowest BCUT2D eigenvalue weighted by molar-refractivity contribution is -0.199. The van der Waals surface area contributed by atoms with Gasteiger partial charge in [-0.05, 0) is 45.6 Å². The van der Waals surface area contributed by atoms with Crippen molar-refractivity contribution in [3.8, 4) is 0 Å². The third-order valence-electron chi connectivity index (χ3n) is 3.84. The molecule has 0 aliphatic heterocycles. The van der Waals surface area contributed by atoms with Gasteiger partial charge in [0.2, 0.25) is 5.95 Å². The van der Waals surface area contributed by atoms with Crippen LogP contribution in [-0.4, -0.2) is 33.4 Å². The first-order valence-electron chi connectivity index (χ1n) is 7.03. The SMILES string of the molecule is Cc1cc(C)nc(NCC2(O)CCCC(C(F)(F)F)C2)n1. The molecule has 7 heteroatoms. The van der Waals surface area contributed by atoms with Crippen LogP contribution in [0.5, 0.6) is 0 Å². The van der Waals surface area contributed by atoms with Gasteiger partial charge in [0.25, 0.3) is 0 Å². The van der Waals surface area contributed by atoms with E-state index in [0.29, 0.717) is 18.8 Å². The van der Waals surface area contributed by atoms with Gasteiger partial charge in [-0.3, -0.25) is 0 Å². The first-order chi connectivity index (χ1) is 9.68. The summed E-state index contributed by atoms with van der Waals surface area (Å²) in [6, 6.07) is 1.81. The molecule has 0 saturated heterocycles. The van der Waals surface area contributed by atoms with Gasteiger partial charge in [-0.1, -0.05) is 0 Å². The molecule has 1 aromatic heterocycles. The Kier molecular flexibility index (Phi) is 4.41. The molecule has 1 fully saturated rings. The average molecular weight is 303 g/mol. The molecule has 0 spiro atoms. The summed E-state index contributed by atoms with van der Waals surface area (Å²) < 4.78 is 38.4. The van der Waals surface area contributed by atoms with Crippen LogP contribution in [0.15, 0.2) is 6.07 Å². The van der Waals surface area contributed by atoms with E-state index in [-0.39, 0.29) is 19.4 Å². The fraction of sp³-hybridized carbons (Fsp3) is 0.714. The van der Waals surface area contributed by atoms with Crippen LogP contribution >= 0.6 is 0 Å². The summed E-state index contributed by atoms with van der Waals surface area (Å²) in [5.41, 5.74) is 0.182. The monoisotopic (exact) mass is 303 g/mol. The van der Waals surface area contributed by atoms with Gasteiger partial charge in [-0.2, -0.15) is 13.2 Å². The number of aliphatic hydroxyl groups is 1. The minimum Gasteiger partial charge on any atom is -0.388 e. The number of aryl methyl sites for hydroxylation is 2. The zero-order chi connectivity index (χ0) is 15.7. The molecule has 1 aliphatic carbocycles. The molecule has 2 N–H and O–H groups in total. The molecule has 4 nitrogen and oxygen atoms in total. The topological polar surface area (TPSA) is 58.0 Å². The smallest absolute Gasteiger partial charge is 0.388 e. The normalized spacial score (nSPS) is 26.7. The van der Waals surface area contributed by atoms with Crippen LogP contribution in [0, 0.1) is 19.8 Å². The Morgan fingerprint density at radius 3 is 2.52 bits per heavy atom. The molecule has 2 atom stereocenters.